The Morgan fingerprint density at radius 3 is 2.39 bits per heavy atom. The number of amides is 1. The van der Waals surface area contributed by atoms with Crippen molar-refractivity contribution in [2.24, 2.45) is 5.92 Å². The van der Waals surface area contributed by atoms with Gasteiger partial charge in [0.1, 0.15) is 0 Å². The Balaban J connectivity index is 1.54. The molecule has 2 aromatic carbocycles. The summed E-state index contributed by atoms with van der Waals surface area (Å²) in [5, 5.41) is 9.26. The molecule has 0 spiro atoms. The van der Waals surface area contributed by atoms with Crippen LogP contribution >= 0.6 is 11.6 Å². The van der Waals surface area contributed by atoms with Crippen LogP contribution in [-0.2, 0) is 19.6 Å². The number of rotatable bonds is 5. The molecule has 11 heteroatoms. The van der Waals surface area contributed by atoms with Crippen molar-refractivity contribution in [3.05, 3.63) is 41.4 Å². The second kappa shape index (κ2) is 8.27. The van der Waals surface area contributed by atoms with Crippen LogP contribution in [0.5, 0.6) is 11.5 Å². The Bertz CT molecular complexity index is 1130. The molecule has 1 fully saturated rings. The third-order valence-electron chi connectivity index (χ3n) is 5.01. The maximum atomic E-state index is 12.8. The van der Waals surface area contributed by atoms with Crippen LogP contribution in [0.2, 0.25) is 5.02 Å². The number of benzene rings is 2. The van der Waals surface area contributed by atoms with Gasteiger partial charge in [-0.25, -0.2) is 8.42 Å². The number of halogens is 1. The van der Waals surface area contributed by atoms with Crippen molar-refractivity contribution in [2.45, 2.75) is 17.7 Å². The molecule has 0 bridgehead atoms. The number of carbonyl (C=O) groups is 2. The van der Waals surface area contributed by atoms with E-state index in [2.05, 4.69) is 4.72 Å². The summed E-state index contributed by atoms with van der Waals surface area (Å²) in [5.74, 6) is -1.29. The Kier molecular flexibility index (Phi) is 5.67. The van der Waals surface area contributed by atoms with Crippen molar-refractivity contribution in [1.29, 1.82) is 0 Å². The zero-order chi connectivity index (χ0) is 22.2. The van der Waals surface area contributed by atoms with Gasteiger partial charge in [-0.2, -0.15) is 0 Å². The first-order valence-electron chi connectivity index (χ1n) is 9.50. The monoisotopic (exact) mass is 466 g/mol. The van der Waals surface area contributed by atoms with Crippen LogP contribution in [0.15, 0.2) is 41.3 Å². The number of carbonyl (C=O) groups excluding carboxylic acids is 1. The summed E-state index contributed by atoms with van der Waals surface area (Å²) in [4.78, 5) is 24.5. The first-order chi connectivity index (χ1) is 14.7. The summed E-state index contributed by atoms with van der Waals surface area (Å²) in [7, 11) is -3.98. The molecular formula is C20H19ClN2O7S. The zero-order valence-corrected chi connectivity index (χ0v) is 17.8. The van der Waals surface area contributed by atoms with Gasteiger partial charge >= 0.3 is 5.97 Å². The molecule has 31 heavy (non-hydrogen) atoms. The van der Waals surface area contributed by atoms with Crippen molar-refractivity contribution >= 4 is 44.9 Å². The Morgan fingerprint density at radius 2 is 1.77 bits per heavy atom. The normalized spacial score (nSPS) is 18.5. The van der Waals surface area contributed by atoms with Crippen LogP contribution in [0.4, 0.5) is 11.4 Å². The number of hydrogen-bond donors (Lipinski definition) is 2. The molecular weight excluding hydrogens is 448 g/mol. The van der Waals surface area contributed by atoms with Crippen LogP contribution in [0.3, 0.4) is 0 Å². The highest BCUT2D eigenvalue weighted by Crippen LogP contribution is 2.38. The van der Waals surface area contributed by atoms with E-state index in [1.54, 1.807) is 0 Å². The highest BCUT2D eigenvalue weighted by Gasteiger charge is 2.35. The van der Waals surface area contributed by atoms with Gasteiger partial charge in [-0.1, -0.05) is 11.6 Å². The minimum atomic E-state index is -3.98. The topological polar surface area (TPSA) is 122 Å². The van der Waals surface area contributed by atoms with Crippen LogP contribution < -0.4 is 19.1 Å². The Hall–Kier alpha value is -2.98. The highest BCUT2D eigenvalue weighted by molar-refractivity contribution is 7.92. The van der Waals surface area contributed by atoms with Gasteiger partial charge in [0, 0.05) is 37.2 Å². The van der Waals surface area contributed by atoms with Gasteiger partial charge in [-0.05, 0) is 24.3 Å². The minimum absolute atomic E-state index is 0.0409. The Morgan fingerprint density at radius 1 is 1.13 bits per heavy atom. The van der Waals surface area contributed by atoms with E-state index in [-0.39, 0.29) is 34.5 Å². The second-order valence-corrected chi connectivity index (χ2v) is 9.26. The number of hydrogen-bond acceptors (Lipinski definition) is 6. The third kappa shape index (κ3) is 4.40. The van der Waals surface area contributed by atoms with Crippen LogP contribution in [0, 0.1) is 5.92 Å². The predicted octanol–water partition coefficient (Wildman–Crippen LogP) is 2.74. The van der Waals surface area contributed by atoms with Crippen LogP contribution in [0.1, 0.15) is 12.8 Å². The van der Waals surface area contributed by atoms with Gasteiger partial charge in [0.2, 0.25) is 5.91 Å². The summed E-state index contributed by atoms with van der Waals surface area (Å²) in [5.41, 5.74) is 0.579. The lowest BCUT2D eigenvalue weighted by atomic mass is 10.1. The fourth-order valence-electron chi connectivity index (χ4n) is 3.39. The molecule has 0 radical (unpaired) electrons. The molecule has 9 nitrogen and oxygen atoms in total. The lowest BCUT2D eigenvalue weighted by Gasteiger charge is -2.17. The number of aliphatic carboxylic acids is 1. The van der Waals surface area contributed by atoms with E-state index in [1.165, 1.54) is 41.3 Å². The van der Waals surface area contributed by atoms with E-state index in [4.69, 9.17) is 26.2 Å². The largest absolute Gasteiger partial charge is 0.490 e. The van der Waals surface area contributed by atoms with E-state index in [1.807, 2.05) is 0 Å². The van der Waals surface area contributed by atoms with Crippen molar-refractivity contribution in [3.8, 4) is 11.5 Å². The molecule has 2 heterocycles. The molecule has 1 atom stereocenters. The second-order valence-electron chi connectivity index (χ2n) is 7.17. The van der Waals surface area contributed by atoms with Crippen molar-refractivity contribution in [2.75, 3.05) is 29.4 Å². The molecule has 1 amide bonds. The maximum Gasteiger partial charge on any atom is 0.308 e. The SMILES string of the molecule is O=C(O)C1CC(=O)N(c2ccc(S(=O)(=O)Nc3cc4c(cc3Cl)OCCCO4)cc2)C1. The lowest BCUT2D eigenvalue weighted by Crippen LogP contribution is -2.25. The maximum absolute atomic E-state index is 12.8. The van der Waals surface area contributed by atoms with E-state index in [0.29, 0.717) is 36.8 Å². The fraction of sp³-hybridized carbons (Fsp3) is 0.300. The first-order valence-corrected chi connectivity index (χ1v) is 11.4. The van der Waals surface area contributed by atoms with E-state index >= 15 is 0 Å². The molecule has 2 aliphatic rings. The number of ether oxygens (including phenoxy) is 2. The molecule has 2 N–H and O–H groups in total. The first kappa shape index (κ1) is 21.3. The molecule has 1 saturated heterocycles. The average molecular weight is 467 g/mol. The molecule has 0 saturated carbocycles. The van der Waals surface area contributed by atoms with Gasteiger partial charge in [0.15, 0.2) is 11.5 Å². The average Bonchev–Trinajstić information content (AvgIpc) is 2.98. The zero-order valence-electron chi connectivity index (χ0n) is 16.2. The van der Waals surface area contributed by atoms with E-state index in [9.17, 15) is 18.0 Å². The standard InChI is InChI=1S/C20H19ClN2O7S/c21-15-9-17-18(30-7-1-6-29-17)10-16(15)22-31(27,28)14-4-2-13(3-5-14)23-11-12(20(25)26)8-19(23)24/h2-5,9-10,12,22H,1,6-8,11H2,(H,25,26). The lowest BCUT2D eigenvalue weighted by molar-refractivity contribution is -0.141. The highest BCUT2D eigenvalue weighted by atomic mass is 35.5. The molecule has 2 aromatic rings. The molecule has 2 aliphatic heterocycles. The van der Waals surface area contributed by atoms with Crippen molar-refractivity contribution < 1.29 is 32.6 Å². The van der Waals surface area contributed by atoms with Gasteiger partial charge in [0.25, 0.3) is 10.0 Å². The number of carboxylic acids is 1. The van der Waals surface area contributed by atoms with Crippen molar-refractivity contribution in [3.63, 3.8) is 0 Å². The van der Waals surface area contributed by atoms with Gasteiger partial charge < -0.3 is 19.5 Å². The third-order valence-corrected chi connectivity index (χ3v) is 6.71. The van der Waals surface area contributed by atoms with E-state index < -0.39 is 21.9 Å². The fourth-order valence-corrected chi connectivity index (χ4v) is 4.72. The number of anilines is 2. The quantitative estimate of drug-likeness (QED) is 0.694. The summed E-state index contributed by atoms with van der Waals surface area (Å²) in [6.07, 6.45) is 0.617. The predicted molar refractivity (Wildman–Crippen MR) is 112 cm³/mol. The number of sulfonamides is 1. The van der Waals surface area contributed by atoms with Crippen LogP contribution in [0.25, 0.3) is 0 Å². The number of nitrogens with zero attached hydrogens (tertiary/aromatic N) is 1. The van der Waals surface area contributed by atoms with Gasteiger partial charge in [0.05, 0.1) is 34.7 Å². The molecule has 1 unspecified atom stereocenters. The number of carboxylic acid groups (broad SMARTS) is 1. The molecule has 4 rings (SSSR count). The summed E-state index contributed by atoms with van der Waals surface area (Å²) in [6.45, 7) is 0.971. The molecule has 0 aromatic heterocycles. The van der Waals surface area contributed by atoms with Gasteiger partial charge in [-0.3, -0.25) is 14.3 Å². The van der Waals surface area contributed by atoms with Gasteiger partial charge in [-0.15, -0.1) is 0 Å². The van der Waals surface area contributed by atoms with Crippen molar-refractivity contribution in [1.82, 2.24) is 0 Å². The molecule has 0 aliphatic carbocycles. The number of nitrogens with one attached hydrogen (secondary N) is 1. The smallest absolute Gasteiger partial charge is 0.308 e. The molecule has 164 valence electrons. The van der Waals surface area contributed by atoms with Crippen LogP contribution in [-0.4, -0.2) is 45.2 Å². The minimum Gasteiger partial charge on any atom is -0.490 e. The summed E-state index contributed by atoms with van der Waals surface area (Å²) >= 11 is 6.22. The number of fused-ring (bicyclic) bond motifs is 1. The summed E-state index contributed by atoms with van der Waals surface area (Å²) < 4.78 is 39.2. The summed E-state index contributed by atoms with van der Waals surface area (Å²) in [6, 6.07) is 8.59. The Labute approximate surface area is 183 Å². The van der Waals surface area contributed by atoms with E-state index in [0.717, 1.165) is 0 Å².